The number of aromatic nitrogens is 2. The highest BCUT2D eigenvalue weighted by Crippen LogP contribution is 2.21. The van der Waals surface area contributed by atoms with Gasteiger partial charge < -0.3 is 15.0 Å². The number of pyridine rings is 1. The minimum Gasteiger partial charge on any atom is -0.398 e. The molecule has 1 fully saturated rings. The number of imidazole rings is 1. The lowest BCUT2D eigenvalue weighted by Crippen LogP contribution is -2.31. The van der Waals surface area contributed by atoms with Crippen LogP contribution < -0.4 is 5.73 Å². The summed E-state index contributed by atoms with van der Waals surface area (Å²) in [7, 11) is 0. The maximum absolute atomic E-state index is 5.85. The number of anilines is 1. The van der Waals surface area contributed by atoms with Crippen molar-refractivity contribution in [2.75, 3.05) is 18.8 Å². The summed E-state index contributed by atoms with van der Waals surface area (Å²) < 4.78 is 2.13. The molecule has 1 aliphatic rings. The van der Waals surface area contributed by atoms with E-state index in [-0.39, 0.29) is 0 Å². The molecule has 2 aromatic rings. The van der Waals surface area contributed by atoms with E-state index in [1.807, 2.05) is 24.5 Å². The van der Waals surface area contributed by atoms with E-state index in [9.17, 15) is 0 Å². The summed E-state index contributed by atoms with van der Waals surface area (Å²) in [6.45, 7) is 4.60. The van der Waals surface area contributed by atoms with Gasteiger partial charge in [-0.1, -0.05) is 6.92 Å². The summed E-state index contributed by atoms with van der Waals surface area (Å²) in [5.74, 6) is 1.13. The number of fused-ring (bicyclic) bond motifs is 1. The molecule has 3 rings (SSSR count). The van der Waals surface area contributed by atoms with Gasteiger partial charge in [0.2, 0.25) is 0 Å². The van der Waals surface area contributed by atoms with Crippen LogP contribution in [-0.2, 0) is 6.42 Å². The van der Waals surface area contributed by atoms with E-state index < -0.39 is 0 Å². The molecule has 3 heterocycles. The molecule has 2 N–H and O–H groups in total. The lowest BCUT2D eigenvalue weighted by molar-refractivity contribution is 0.263. The molecule has 1 saturated heterocycles. The minimum atomic E-state index is 0.641. The van der Waals surface area contributed by atoms with Crippen molar-refractivity contribution in [1.82, 2.24) is 14.3 Å². The van der Waals surface area contributed by atoms with Gasteiger partial charge in [0.15, 0.2) is 0 Å². The number of nitrogens with two attached hydrogens (primary N) is 1. The Hall–Kier alpha value is -1.55. The molecule has 1 unspecified atom stereocenters. The first-order chi connectivity index (χ1) is 8.78. The van der Waals surface area contributed by atoms with E-state index in [4.69, 9.17) is 5.73 Å². The highest BCUT2D eigenvalue weighted by atomic mass is 15.2. The Balaban J connectivity index is 1.88. The van der Waals surface area contributed by atoms with Gasteiger partial charge in [0, 0.05) is 24.3 Å². The minimum absolute atomic E-state index is 0.641. The van der Waals surface area contributed by atoms with Crippen LogP contribution in [-0.4, -0.2) is 33.4 Å². The molecular formula is C14H20N4. The second-order valence-electron chi connectivity index (χ2n) is 5.06. The molecule has 0 amide bonds. The normalized spacial score (nSPS) is 20.8. The fourth-order valence-electron chi connectivity index (χ4n) is 2.96. The molecule has 0 aromatic carbocycles. The highest BCUT2D eigenvalue weighted by Gasteiger charge is 2.24. The Morgan fingerprint density at radius 3 is 3.17 bits per heavy atom. The first-order valence-corrected chi connectivity index (χ1v) is 6.73. The molecule has 96 valence electrons. The van der Waals surface area contributed by atoms with Crippen LogP contribution in [0.4, 0.5) is 5.69 Å². The Labute approximate surface area is 107 Å². The van der Waals surface area contributed by atoms with Gasteiger partial charge in [0.1, 0.15) is 5.82 Å². The van der Waals surface area contributed by atoms with Crippen molar-refractivity contribution < 1.29 is 0 Å². The first-order valence-electron chi connectivity index (χ1n) is 6.73. The second-order valence-corrected chi connectivity index (χ2v) is 5.06. The summed E-state index contributed by atoms with van der Waals surface area (Å²) in [5, 5.41) is 0. The van der Waals surface area contributed by atoms with Crippen molar-refractivity contribution >= 4 is 11.2 Å². The summed E-state index contributed by atoms with van der Waals surface area (Å²) in [5.41, 5.74) is 7.77. The number of hydrogen-bond donors (Lipinski definition) is 1. The average Bonchev–Trinajstić information content (AvgIpc) is 2.97. The topological polar surface area (TPSA) is 46.6 Å². The van der Waals surface area contributed by atoms with Gasteiger partial charge in [-0.15, -0.1) is 0 Å². The van der Waals surface area contributed by atoms with Gasteiger partial charge in [-0.2, -0.15) is 0 Å². The maximum atomic E-state index is 5.85. The molecule has 2 aromatic heterocycles. The van der Waals surface area contributed by atoms with E-state index in [0.717, 1.165) is 30.0 Å². The van der Waals surface area contributed by atoms with Crippen LogP contribution in [0.3, 0.4) is 0 Å². The van der Waals surface area contributed by atoms with Gasteiger partial charge in [-0.05, 0) is 38.1 Å². The molecule has 0 radical (unpaired) electrons. The van der Waals surface area contributed by atoms with E-state index in [2.05, 4.69) is 21.2 Å². The van der Waals surface area contributed by atoms with Crippen LogP contribution in [0.2, 0.25) is 0 Å². The molecule has 4 heteroatoms. The molecule has 0 aliphatic carbocycles. The van der Waals surface area contributed by atoms with Crippen LogP contribution in [0.15, 0.2) is 24.5 Å². The van der Waals surface area contributed by atoms with Gasteiger partial charge in [0.05, 0.1) is 11.7 Å². The van der Waals surface area contributed by atoms with Crippen molar-refractivity contribution in [2.45, 2.75) is 32.2 Å². The number of rotatable bonds is 3. The van der Waals surface area contributed by atoms with Crippen LogP contribution in [0.25, 0.3) is 5.52 Å². The monoisotopic (exact) mass is 244 g/mol. The van der Waals surface area contributed by atoms with Crippen LogP contribution in [0.1, 0.15) is 25.6 Å². The van der Waals surface area contributed by atoms with Gasteiger partial charge >= 0.3 is 0 Å². The lowest BCUT2D eigenvalue weighted by Gasteiger charge is -2.22. The molecule has 1 atom stereocenters. The van der Waals surface area contributed by atoms with Gasteiger partial charge in [-0.3, -0.25) is 0 Å². The third kappa shape index (κ3) is 1.97. The van der Waals surface area contributed by atoms with E-state index >= 15 is 0 Å². The van der Waals surface area contributed by atoms with Crippen LogP contribution in [0.5, 0.6) is 0 Å². The van der Waals surface area contributed by atoms with E-state index in [1.54, 1.807) is 0 Å². The third-order valence-electron chi connectivity index (χ3n) is 3.95. The third-order valence-corrected chi connectivity index (χ3v) is 3.95. The molecule has 0 spiro atoms. The number of hydrogen-bond acceptors (Lipinski definition) is 3. The van der Waals surface area contributed by atoms with Gasteiger partial charge in [0.25, 0.3) is 0 Å². The predicted octanol–water partition coefficient (Wildman–Crippen LogP) is 1.94. The zero-order chi connectivity index (χ0) is 12.5. The number of likely N-dealkylation sites (tertiary alicyclic amines) is 1. The Morgan fingerprint density at radius 2 is 2.33 bits per heavy atom. The number of likely N-dealkylation sites (N-methyl/N-ethyl adjacent to an activating group) is 1. The quantitative estimate of drug-likeness (QED) is 0.897. The Bertz CT molecular complexity index is 546. The van der Waals surface area contributed by atoms with Crippen molar-refractivity contribution in [2.24, 2.45) is 0 Å². The van der Waals surface area contributed by atoms with Crippen molar-refractivity contribution in [1.29, 1.82) is 0 Å². The molecular weight excluding hydrogens is 224 g/mol. The van der Waals surface area contributed by atoms with Crippen LogP contribution >= 0.6 is 0 Å². The fourth-order valence-corrected chi connectivity index (χ4v) is 2.96. The SMILES string of the molecule is CCN1CCCC1Cc1ncc2ccc(N)cn12. The zero-order valence-electron chi connectivity index (χ0n) is 10.8. The second kappa shape index (κ2) is 4.61. The maximum Gasteiger partial charge on any atom is 0.114 e. The first kappa shape index (κ1) is 11.5. The van der Waals surface area contributed by atoms with Crippen molar-refractivity contribution in [3.63, 3.8) is 0 Å². The standard InChI is InChI=1S/C14H20N4/c1-2-17-7-3-4-12(17)8-14-16-9-13-6-5-11(15)10-18(13)14/h5-6,9-10,12H,2-4,7-8,15H2,1H3. The Morgan fingerprint density at radius 1 is 1.44 bits per heavy atom. The molecule has 18 heavy (non-hydrogen) atoms. The highest BCUT2D eigenvalue weighted by molar-refractivity contribution is 5.52. The number of nitrogens with zero attached hydrogens (tertiary/aromatic N) is 3. The number of nitrogen functional groups attached to an aromatic ring is 1. The van der Waals surface area contributed by atoms with Crippen molar-refractivity contribution in [3.05, 3.63) is 30.4 Å². The summed E-state index contributed by atoms with van der Waals surface area (Å²) in [4.78, 5) is 7.10. The summed E-state index contributed by atoms with van der Waals surface area (Å²) in [6, 6.07) is 4.59. The van der Waals surface area contributed by atoms with E-state index in [1.165, 1.54) is 19.4 Å². The zero-order valence-corrected chi connectivity index (χ0v) is 10.8. The molecule has 1 aliphatic heterocycles. The molecule has 4 nitrogen and oxygen atoms in total. The average molecular weight is 244 g/mol. The summed E-state index contributed by atoms with van der Waals surface area (Å²) >= 11 is 0. The summed E-state index contributed by atoms with van der Waals surface area (Å²) in [6.07, 6.45) is 7.52. The molecule has 0 bridgehead atoms. The van der Waals surface area contributed by atoms with E-state index in [0.29, 0.717) is 6.04 Å². The largest absolute Gasteiger partial charge is 0.398 e. The van der Waals surface area contributed by atoms with Gasteiger partial charge in [-0.25, -0.2) is 4.98 Å². The predicted molar refractivity (Wildman–Crippen MR) is 73.6 cm³/mol. The Kier molecular flexibility index (Phi) is 2.96. The lowest BCUT2D eigenvalue weighted by atomic mass is 10.1. The fraction of sp³-hybridized carbons (Fsp3) is 0.500. The smallest absolute Gasteiger partial charge is 0.114 e. The van der Waals surface area contributed by atoms with Crippen molar-refractivity contribution in [3.8, 4) is 0 Å². The molecule has 0 saturated carbocycles. The van der Waals surface area contributed by atoms with Crippen LogP contribution in [0, 0.1) is 0 Å².